The van der Waals surface area contributed by atoms with Crippen LogP contribution in [0.2, 0.25) is 0 Å². The maximum atomic E-state index is 6.16. The molecule has 1 aliphatic carbocycles. The highest BCUT2D eigenvalue weighted by Crippen LogP contribution is 2.50. The summed E-state index contributed by atoms with van der Waals surface area (Å²) in [5.41, 5.74) is -0.182. The highest BCUT2D eigenvalue weighted by molar-refractivity contribution is 5.08. The second-order valence-corrected chi connectivity index (χ2v) is 6.06. The Morgan fingerprint density at radius 2 is 1.94 bits per heavy atom. The molecule has 0 aromatic rings. The Hall–Kier alpha value is -0.120. The topological polar surface area (TPSA) is 27.7 Å². The Morgan fingerprint density at radius 1 is 1.24 bits per heavy atom. The summed E-state index contributed by atoms with van der Waals surface area (Å²) >= 11 is 0. The number of ether oxygens (including phenoxy) is 3. The second kappa shape index (κ2) is 4.87. The Morgan fingerprint density at radius 3 is 2.47 bits per heavy atom. The van der Waals surface area contributed by atoms with Gasteiger partial charge in [-0.1, -0.05) is 0 Å². The van der Waals surface area contributed by atoms with Crippen molar-refractivity contribution in [2.24, 2.45) is 5.92 Å². The molecule has 1 heterocycles. The van der Waals surface area contributed by atoms with Crippen molar-refractivity contribution in [1.82, 2.24) is 0 Å². The van der Waals surface area contributed by atoms with Gasteiger partial charge in [-0.05, 0) is 47.5 Å². The maximum Gasteiger partial charge on any atom is 0.118 e. The van der Waals surface area contributed by atoms with Crippen LogP contribution in [0.4, 0.5) is 0 Å². The summed E-state index contributed by atoms with van der Waals surface area (Å²) in [6.07, 6.45) is 3.32. The van der Waals surface area contributed by atoms with Gasteiger partial charge < -0.3 is 14.2 Å². The van der Waals surface area contributed by atoms with Gasteiger partial charge in [0.25, 0.3) is 0 Å². The van der Waals surface area contributed by atoms with Gasteiger partial charge in [-0.15, -0.1) is 0 Å². The van der Waals surface area contributed by atoms with Gasteiger partial charge in [0.05, 0.1) is 31.0 Å². The fraction of sp³-hybridized carbons (Fsp3) is 1.00. The summed E-state index contributed by atoms with van der Waals surface area (Å²) in [4.78, 5) is 0. The molecule has 0 radical (unpaired) electrons. The zero-order valence-electron chi connectivity index (χ0n) is 11.7. The summed E-state index contributed by atoms with van der Waals surface area (Å²) in [6, 6.07) is 0. The van der Waals surface area contributed by atoms with E-state index in [1.807, 2.05) is 0 Å². The van der Waals surface area contributed by atoms with Gasteiger partial charge in [-0.2, -0.15) is 0 Å². The van der Waals surface area contributed by atoms with Gasteiger partial charge in [0, 0.05) is 5.92 Å². The molecule has 3 nitrogen and oxygen atoms in total. The standard InChI is InChI=1S/C14H26O3/c1-9(2)15-8-14-7-6-12(11(5)17-14)13(14)16-10(3)4/h9-13H,6-8H2,1-5H3/t11-,12?,13-,14-/m0/s1. The summed E-state index contributed by atoms with van der Waals surface area (Å²) in [5, 5.41) is 0. The van der Waals surface area contributed by atoms with Crippen LogP contribution in [0.25, 0.3) is 0 Å². The van der Waals surface area contributed by atoms with E-state index in [-0.39, 0.29) is 23.9 Å². The number of hydrogen-bond acceptors (Lipinski definition) is 3. The van der Waals surface area contributed by atoms with Gasteiger partial charge >= 0.3 is 0 Å². The molecule has 2 fully saturated rings. The molecule has 1 unspecified atom stereocenters. The zero-order chi connectivity index (χ0) is 12.6. The van der Waals surface area contributed by atoms with Crippen molar-refractivity contribution >= 4 is 0 Å². The molecule has 17 heavy (non-hydrogen) atoms. The van der Waals surface area contributed by atoms with Crippen LogP contribution in [-0.4, -0.2) is 36.6 Å². The fourth-order valence-electron chi connectivity index (χ4n) is 3.17. The van der Waals surface area contributed by atoms with E-state index >= 15 is 0 Å². The average molecular weight is 242 g/mol. The van der Waals surface area contributed by atoms with E-state index in [0.717, 1.165) is 6.42 Å². The summed E-state index contributed by atoms with van der Waals surface area (Å²) < 4.78 is 18.1. The van der Waals surface area contributed by atoms with Crippen molar-refractivity contribution in [2.75, 3.05) is 6.61 Å². The predicted molar refractivity (Wildman–Crippen MR) is 67.1 cm³/mol. The molecule has 0 amide bonds. The van der Waals surface area contributed by atoms with E-state index in [1.54, 1.807) is 0 Å². The third kappa shape index (κ3) is 2.51. The highest BCUT2D eigenvalue weighted by Gasteiger charge is 2.59. The van der Waals surface area contributed by atoms with Crippen LogP contribution in [0, 0.1) is 5.92 Å². The SMILES string of the molecule is CC(C)OC[C@]12CCC([C@H](C)O1)[C@@H]2OC(C)C. The number of rotatable bonds is 5. The molecule has 0 N–H and O–H groups in total. The first-order valence-electron chi connectivity index (χ1n) is 6.89. The van der Waals surface area contributed by atoms with Crippen molar-refractivity contribution in [3.63, 3.8) is 0 Å². The Labute approximate surface area is 105 Å². The third-order valence-corrected chi connectivity index (χ3v) is 3.91. The van der Waals surface area contributed by atoms with Crippen LogP contribution in [-0.2, 0) is 14.2 Å². The van der Waals surface area contributed by atoms with Crippen LogP contribution in [0.1, 0.15) is 47.5 Å². The van der Waals surface area contributed by atoms with Crippen molar-refractivity contribution in [3.8, 4) is 0 Å². The van der Waals surface area contributed by atoms with Crippen molar-refractivity contribution in [3.05, 3.63) is 0 Å². The first-order valence-corrected chi connectivity index (χ1v) is 6.89. The Bertz CT molecular complexity index is 264. The number of fused-ring (bicyclic) bond motifs is 2. The van der Waals surface area contributed by atoms with Crippen LogP contribution in [0.5, 0.6) is 0 Å². The minimum Gasteiger partial charge on any atom is -0.376 e. The smallest absolute Gasteiger partial charge is 0.118 e. The Balaban J connectivity index is 2.07. The average Bonchev–Trinajstić information content (AvgIpc) is 2.67. The maximum absolute atomic E-state index is 6.16. The first kappa shape index (κ1) is 13.3. The molecule has 1 saturated carbocycles. The lowest BCUT2D eigenvalue weighted by Crippen LogP contribution is -2.44. The molecule has 1 aliphatic heterocycles. The van der Waals surface area contributed by atoms with Crippen molar-refractivity contribution in [1.29, 1.82) is 0 Å². The van der Waals surface area contributed by atoms with Crippen molar-refractivity contribution < 1.29 is 14.2 Å². The largest absolute Gasteiger partial charge is 0.376 e. The van der Waals surface area contributed by atoms with Crippen LogP contribution < -0.4 is 0 Å². The summed E-state index contributed by atoms with van der Waals surface area (Å²) in [6.45, 7) is 11.2. The molecule has 0 aromatic heterocycles. The molecule has 4 atom stereocenters. The summed E-state index contributed by atoms with van der Waals surface area (Å²) in [5.74, 6) is 0.549. The lowest BCUT2D eigenvalue weighted by Gasteiger charge is -2.33. The van der Waals surface area contributed by atoms with Crippen LogP contribution >= 0.6 is 0 Å². The molecule has 0 spiro atoms. The molecule has 2 aliphatic rings. The lowest BCUT2D eigenvalue weighted by molar-refractivity contribution is -0.152. The minimum atomic E-state index is -0.182. The van der Waals surface area contributed by atoms with E-state index in [0.29, 0.717) is 18.6 Å². The number of hydrogen-bond donors (Lipinski definition) is 0. The fourth-order valence-corrected chi connectivity index (χ4v) is 3.17. The van der Waals surface area contributed by atoms with E-state index in [4.69, 9.17) is 14.2 Å². The van der Waals surface area contributed by atoms with E-state index in [2.05, 4.69) is 34.6 Å². The molecule has 100 valence electrons. The molecule has 2 bridgehead atoms. The second-order valence-electron chi connectivity index (χ2n) is 6.06. The molecular weight excluding hydrogens is 216 g/mol. The van der Waals surface area contributed by atoms with Crippen LogP contribution in [0.15, 0.2) is 0 Å². The zero-order valence-corrected chi connectivity index (χ0v) is 11.7. The third-order valence-electron chi connectivity index (χ3n) is 3.91. The van der Waals surface area contributed by atoms with Crippen LogP contribution in [0.3, 0.4) is 0 Å². The molecule has 1 saturated heterocycles. The predicted octanol–water partition coefficient (Wildman–Crippen LogP) is 2.77. The summed E-state index contributed by atoms with van der Waals surface area (Å²) in [7, 11) is 0. The van der Waals surface area contributed by atoms with Gasteiger partial charge in [0.15, 0.2) is 0 Å². The highest BCUT2D eigenvalue weighted by atomic mass is 16.6. The quantitative estimate of drug-likeness (QED) is 0.742. The van der Waals surface area contributed by atoms with Crippen molar-refractivity contribution in [2.45, 2.75) is 77.5 Å². The van der Waals surface area contributed by atoms with Gasteiger partial charge in [0.1, 0.15) is 5.60 Å². The van der Waals surface area contributed by atoms with E-state index < -0.39 is 0 Å². The molecule has 2 rings (SSSR count). The molecular formula is C14H26O3. The first-order chi connectivity index (χ1) is 7.94. The van der Waals surface area contributed by atoms with Gasteiger partial charge in [0.2, 0.25) is 0 Å². The van der Waals surface area contributed by atoms with E-state index in [9.17, 15) is 0 Å². The van der Waals surface area contributed by atoms with Gasteiger partial charge in [-0.25, -0.2) is 0 Å². The minimum absolute atomic E-state index is 0.182. The van der Waals surface area contributed by atoms with E-state index in [1.165, 1.54) is 6.42 Å². The van der Waals surface area contributed by atoms with Gasteiger partial charge in [-0.3, -0.25) is 0 Å². The molecule has 3 heteroatoms. The normalized spacial score (nSPS) is 40.8. The molecule has 0 aromatic carbocycles. The monoisotopic (exact) mass is 242 g/mol. The lowest BCUT2D eigenvalue weighted by atomic mass is 9.98. The Kier molecular flexibility index (Phi) is 3.81.